The van der Waals surface area contributed by atoms with Gasteiger partial charge in [-0.3, -0.25) is 14.9 Å². The third-order valence-corrected chi connectivity index (χ3v) is 4.31. The molecule has 1 aromatic heterocycles. The van der Waals surface area contributed by atoms with Crippen molar-refractivity contribution in [3.63, 3.8) is 0 Å². The summed E-state index contributed by atoms with van der Waals surface area (Å²) in [5.41, 5.74) is 5.16. The first-order valence-electron chi connectivity index (χ1n) is 7.16. The van der Waals surface area contributed by atoms with Gasteiger partial charge in [0, 0.05) is 15.1 Å². The first kappa shape index (κ1) is 16.7. The van der Waals surface area contributed by atoms with Crippen molar-refractivity contribution in [1.29, 1.82) is 0 Å². The molecule has 7 heteroatoms. The number of halogens is 2. The van der Waals surface area contributed by atoms with Gasteiger partial charge in [-0.05, 0) is 35.9 Å². The first-order chi connectivity index (χ1) is 11.6. The number of hydrazine groups is 1. The molecule has 0 aliphatic heterocycles. The molecule has 0 unspecified atom stereocenters. The van der Waals surface area contributed by atoms with E-state index >= 15 is 0 Å². The molecule has 0 radical (unpaired) electrons. The van der Waals surface area contributed by atoms with Crippen molar-refractivity contribution < 1.29 is 4.79 Å². The van der Waals surface area contributed by atoms with Crippen LogP contribution in [0.25, 0.3) is 11.3 Å². The summed E-state index contributed by atoms with van der Waals surface area (Å²) in [4.78, 5) is 12.1. The van der Waals surface area contributed by atoms with Crippen LogP contribution < -0.4 is 11.3 Å². The highest BCUT2D eigenvalue weighted by Gasteiger charge is 2.16. The fourth-order valence-electron chi connectivity index (χ4n) is 2.32. The van der Waals surface area contributed by atoms with Gasteiger partial charge in [-0.1, -0.05) is 51.8 Å². The lowest BCUT2D eigenvalue weighted by Gasteiger charge is -2.06. The number of nitrogens with one attached hydrogen (secondary N) is 1. The van der Waals surface area contributed by atoms with E-state index < -0.39 is 0 Å². The van der Waals surface area contributed by atoms with Gasteiger partial charge >= 0.3 is 0 Å². The molecule has 0 fully saturated rings. The van der Waals surface area contributed by atoms with Crippen molar-refractivity contribution in [2.45, 2.75) is 6.54 Å². The highest BCUT2D eigenvalue weighted by Crippen LogP contribution is 2.22. The molecule has 0 saturated carbocycles. The summed E-state index contributed by atoms with van der Waals surface area (Å²) >= 11 is 9.31. The molecule has 24 heavy (non-hydrogen) atoms. The van der Waals surface area contributed by atoms with E-state index in [1.165, 1.54) is 0 Å². The fraction of sp³-hybridized carbons (Fsp3) is 0.0588. The smallest absolute Gasteiger partial charge is 0.283 e. The quantitative estimate of drug-likeness (QED) is 0.395. The third-order valence-electron chi connectivity index (χ3n) is 3.53. The average Bonchev–Trinajstić information content (AvgIpc) is 3.00. The second-order valence-corrected chi connectivity index (χ2v) is 6.53. The van der Waals surface area contributed by atoms with E-state index in [4.69, 9.17) is 17.4 Å². The molecular weight excluding hydrogens is 392 g/mol. The number of nitrogen functional groups attached to an aromatic ring is 1. The molecule has 1 amide bonds. The number of nitrogens with two attached hydrogens (primary N) is 1. The second-order valence-electron chi connectivity index (χ2n) is 5.18. The van der Waals surface area contributed by atoms with Crippen molar-refractivity contribution in [3.8, 4) is 11.3 Å². The Bertz CT molecular complexity index is 859. The van der Waals surface area contributed by atoms with Gasteiger partial charge in [-0.25, -0.2) is 5.84 Å². The molecule has 0 saturated heterocycles. The second kappa shape index (κ2) is 7.17. The summed E-state index contributed by atoms with van der Waals surface area (Å²) in [7, 11) is 0. The molecule has 0 atom stereocenters. The van der Waals surface area contributed by atoms with Crippen molar-refractivity contribution in [2.75, 3.05) is 0 Å². The van der Waals surface area contributed by atoms with Gasteiger partial charge in [0.05, 0.1) is 12.2 Å². The maximum absolute atomic E-state index is 12.1. The Labute approximate surface area is 152 Å². The molecule has 1 heterocycles. The van der Waals surface area contributed by atoms with Crippen molar-refractivity contribution in [2.24, 2.45) is 5.84 Å². The largest absolute Gasteiger partial charge is 0.289 e. The molecular formula is C17H14BrClN4O. The molecule has 2 aromatic carbocycles. The average molecular weight is 406 g/mol. The summed E-state index contributed by atoms with van der Waals surface area (Å²) < 4.78 is 2.61. The molecule has 3 rings (SSSR count). The van der Waals surface area contributed by atoms with Crippen molar-refractivity contribution in [1.82, 2.24) is 15.2 Å². The Morgan fingerprint density at radius 1 is 1.17 bits per heavy atom. The molecule has 122 valence electrons. The normalized spacial score (nSPS) is 10.6. The standard InChI is InChI=1S/C17H14BrClN4O/c18-13-5-3-12(4-6-13)15-9-16(17(24)21-20)23(22-15)10-11-1-7-14(19)8-2-11/h1-9H,10,20H2,(H,21,24). The minimum Gasteiger partial charge on any atom is -0.289 e. The zero-order chi connectivity index (χ0) is 17.1. The Morgan fingerprint density at radius 2 is 1.83 bits per heavy atom. The van der Waals surface area contributed by atoms with E-state index in [2.05, 4.69) is 26.5 Å². The lowest BCUT2D eigenvalue weighted by molar-refractivity contribution is 0.0943. The van der Waals surface area contributed by atoms with Crippen LogP contribution in [0.15, 0.2) is 59.1 Å². The van der Waals surface area contributed by atoms with Crippen molar-refractivity contribution >= 4 is 33.4 Å². The Hall–Kier alpha value is -2.15. The predicted molar refractivity (Wildman–Crippen MR) is 97.6 cm³/mol. The number of carbonyl (C=O) groups is 1. The van der Waals surface area contributed by atoms with Crippen LogP contribution in [-0.4, -0.2) is 15.7 Å². The molecule has 3 N–H and O–H groups in total. The highest BCUT2D eigenvalue weighted by molar-refractivity contribution is 9.10. The number of hydrogen-bond donors (Lipinski definition) is 2. The van der Waals surface area contributed by atoms with E-state index in [0.29, 0.717) is 23.0 Å². The topological polar surface area (TPSA) is 72.9 Å². The summed E-state index contributed by atoms with van der Waals surface area (Å²) in [5.74, 6) is 4.90. The van der Waals surface area contributed by atoms with Gasteiger partial charge < -0.3 is 0 Å². The van der Waals surface area contributed by atoms with Crippen LogP contribution in [0.1, 0.15) is 16.1 Å². The number of hydrogen-bond acceptors (Lipinski definition) is 3. The number of rotatable bonds is 4. The minimum absolute atomic E-state index is 0.389. The van der Waals surface area contributed by atoms with E-state index in [-0.39, 0.29) is 5.91 Å². The van der Waals surface area contributed by atoms with E-state index in [1.807, 2.05) is 36.4 Å². The molecule has 0 spiro atoms. The van der Waals surface area contributed by atoms with Crippen LogP contribution in [0.3, 0.4) is 0 Å². The van der Waals surface area contributed by atoms with Crippen LogP contribution in [-0.2, 0) is 6.54 Å². The molecule has 5 nitrogen and oxygen atoms in total. The summed E-state index contributed by atoms with van der Waals surface area (Å²) in [5, 5.41) is 5.21. The van der Waals surface area contributed by atoms with Gasteiger partial charge in [0.25, 0.3) is 5.91 Å². The van der Waals surface area contributed by atoms with E-state index in [1.54, 1.807) is 22.9 Å². The number of benzene rings is 2. The molecule has 3 aromatic rings. The highest BCUT2D eigenvalue weighted by atomic mass is 79.9. The van der Waals surface area contributed by atoms with E-state index in [9.17, 15) is 4.79 Å². The summed E-state index contributed by atoms with van der Waals surface area (Å²) in [6.07, 6.45) is 0. The van der Waals surface area contributed by atoms with Gasteiger partial charge in [0.1, 0.15) is 5.69 Å². The Balaban J connectivity index is 1.98. The number of aromatic nitrogens is 2. The van der Waals surface area contributed by atoms with Crippen LogP contribution in [0, 0.1) is 0 Å². The first-order valence-corrected chi connectivity index (χ1v) is 8.33. The van der Waals surface area contributed by atoms with Crippen LogP contribution in [0.4, 0.5) is 0 Å². The SMILES string of the molecule is NNC(=O)c1cc(-c2ccc(Br)cc2)nn1Cc1ccc(Cl)cc1. The fourth-order valence-corrected chi connectivity index (χ4v) is 2.71. The minimum atomic E-state index is -0.389. The number of amides is 1. The predicted octanol–water partition coefficient (Wildman–Crippen LogP) is 3.62. The van der Waals surface area contributed by atoms with Gasteiger partial charge in [-0.15, -0.1) is 0 Å². The molecule has 0 bridgehead atoms. The Kier molecular flexibility index (Phi) is 4.99. The van der Waals surface area contributed by atoms with Crippen LogP contribution in [0.2, 0.25) is 5.02 Å². The van der Waals surface area contributed by atoms with Crippen LogP contribution in [0.5, 0.6) is 0 Å². The van der Waals surface area contributed by atoms with Gasteiger partial charge in [-0.2, -0.15) is 5.10 Å². The molecule has 0 aliphatic rings. The number of carbonyl (C=O) groups excluding carboxylic acids is 1. The van der Waals surface area contributed by atoms with Gasteiger partial charge in [0.15, 0.2) is 0 Å². The monoisotopic (exact) mass is 404 g/mol. The van der Waals surface area contributed by atoms with Gasteiger partial charge in [0.2, 0.25) is 0 Å². The Morgan fingerprint density at radius 3 is 2.46 bits per heavy atom. The van der Waals surface area contributed by atoms with E-state index in [0.717, 1.165) is 15.6 Å². The third kappa shape index (κ3) is 3.67. The summed E-state index contributed by atoms with van der Waals surface area (Å²) in [6, 6.07) is 16.8. The zero-order valence-corrected chi connectivity index (χ0v) is 14.9. The summed E-state index contributed by atoms with van der Waals surface area (Å²) in [6.45, 7) is 0.441. The maximum Gasteiger partial charge on any atom is 0.283 e. The lowest BCUT2D eigenvalue weighted by atomic mass is 10.1. The maximum atomic E-state index is 12.1. The van der Waals surface area contributed by atoms with Crippen LogP contribution >= 0.6 is 27.5 Å². The zero-order valence-electron chi connectivity index (χ0n) is 12.5. The lowest BCUT2D eigenvalue weighted by Crippen LogP contribution is -2.32. The molecule has 0 aliphatic carbocycles. The van der Waals surface area contributed by atoms with Crippen molar-refractivity contribution in [3.05, 3.63) is 75.4 Å². The number of nitrogens with zero attached hydrogens (tertiary/aromatic N) is 2.